The van der Waals surface area contributed by atoms with E-state index in [2.05, 4.69) is 39.9 Å². The van der Waals surface area contributed by atoms with Crippen LogP contribution in [0.2, 0.25) is 0 Å². The molecule has 1 aromatic heterocycles. The summed E-state index contributed by atoms with van der Waals surface area (Å²) in [6.45, 7) is 11.7. The zero-order valence-electron chi connectivity index (χ0n) is 31.7. The molecule has 286 valence electrons. The Balaban J connectivity index is 1.47. The fourth-order valence-corrected chi connectivity index (χ4v) is 8.11. The lowest BCUT2D eigenvalue weighted by Crippen LogP contribution is -2.33. The third-order valence-electron chi connectivity index (χ3n) is 11.2. The van der Waals surface area contributed by atoms with Gasteiger partial charge < -0.3 is 19.8 Å². The fraction of sp³-hybridized carbons (Fsp3) is 0.488. The SMILES string of the molecule is CCC(CCC(C)C(C)C)C(C)CCNC(=O)c1c(-c2ccc(F)cc2)oc2cc(N(CCc3ccc(B(O)O)cc3F)S(C)(=O)=O)c(C3CC3)cc12. The highest BCUT2D eigenvalue weighted by Gasteiger charge is 2.33. The fourth-order valence-electron chi connectivity index (χ4n) is 7.17. The molecule has 3 unspecified atom stereocenters. The third-order valence-corrected chi connectivity index (χ3v) is 12.3. The monoisotopic (exact) mass is 750 g/mol. The number of halogens is 2. The van der Waals surface area contributed by atoms with E-state index in [0.29, 0.717) is 58.0 Å². The molecule has 1 saturated carbocycles. The van der Waals surface area contributed by atoms with Crippen molar-refractivity contribution in [2.45, 2.75) is 85.5 Å². The summed E-state index contributed by atoms with van der Waals surface area (Å²) >= 11 is 0. The number of carbonyl (C=O) groups is 1. The lowest BCUT2D eigenvalue weighted by Gasteiger charge is -2.25. The van der Waals surface area contributed by atoms with Crippen molar-refractivity contribution in [1.29, 1.82) is 0 Å². The van der Waals surface area contributed by atoms with Crippen molar-refractivity contribution in [3.05, 3.63) is 82.9 Å². The Bertz CT molecular complexity index is 2000. The van der Waals surface area contributed by atoms with Crippen molar-refractivity contribution in [3.8, 4) is 11.3 Å². The summed E-state index contributed by atoms with van der Waals surface area (Å²) in [5.41, 5.74) is 2.47. The number of carbonyl (C=O) groups excluding carboxylic acids is 1. The first-order chi connectivity index (χ1) is 25.1. The summed E-state index contributed by atoms with van der Waals surface area (Å²) in [6.07, 6.45) is 7.01. The molecule has 3 aromatic carbocycles. The van der Waals surface area contributed by atoms with Crippen LogP contribution < -0.4 is 15.1 Å². The predicted molar refractivity (Wildman–Crippen MR) is 209 cm³/mol. The summed E-state index contributed by atoms with van der Waals surface area (Å²) in [4.78, 5) is 14.1. The van der Waals surface area contributed by atoms with Crippen LogP contribution in [0.25, 0.3) is 22.3 Å². The molecule has 4 aromatic rings. The average molecular weight is 751 g/mol. The number of furan rings is 1. The van der Waals surface area contributed by atoms with E-state index in [9.17, 15) is 32.0 Å². The Labute approximate surface area is 313 Å². The second-order valence-corrected chi connectivity index (χ2v) is 17.2. The van der Waals surface area contributed by atoms with Gasteiger partial charge in [-0.3, -0.25) is 9.10 Å². The van der Waals surface area contributed by atoms with Gasteiger partial charge in [-0.1, -0.05) is 59.6 Å². The number of rotatable bonds is 18. The standard InChI is InChI=1S/C41H53BF2N2O6S/c1-7-28(9-8-26(4)25(2)3)27(5)18-20-45-41(47)39-35-23-34(29-10-11-29)37(24-38(35)52-40(39)31-13-16-33(43)17-14-31)46(53(6,50)51)21-19-30-12-15-32(42(48)49)22-36(30)44/h12-17,22-29,48-49H,7-11,18-21H2,1-6H3,(H,45,47). The van der Waals surface area contributed by atoms with Crippen molar-refractivity contribution >= 4 is 45.2 Å². The molecule has 8 nitrogen and oxygen atoms in total. The molecule has 1 heterocycles. The Morgan fingerprint density at radius 1 is 0.981 bits per heavy atom. The zero-order valence-corrected chi connectivity index (χ0v) is 32.5. The van der Waals surface area contributed by atoms with Crippen LogP contribution in [0.3, 0.4) is 0 Å². The van der Waals surface area contributed by atoms with E-state index >= 15 is 0 Å². The number of hydrogen-bond donors (Lipinski definition) is 3. The van der Waals surface area contributed by atoms with Crippen molar-refractivity contribution in [2.24, 2.45) is 23.7 Å². The molecule has 0 saturated heterocycles. The molecule has 0 radical (unpaired) electrons. The van der Waals surface area contributed by atoms with Crippen LogP contribution in [0.5, 0.6) is 0 Å². The van der Waals surface area contributed by atoms with Crippen LogP contribution in [-0.2, 0) is 16.4 Å². The number of anilines is 1. The molecule has 0 spiro atoms. The minimum atomic E-state index is -3.87. The molecule has 5 rings (SSSR count). The quantitative estimate of drug-likeness (QED) is 0.0894. The summed E-state index contributed by atoms with van der Waals surface area (Å²) in [7, 11) is -5.70. The van der Waals surface area contributed by atoms with Crippen molar-refractivity contribution < 1.29 is 36.5 Å². The van der Waals surface area contributed by atoms with Gasteiger partial charge in [0, 0.05) is 30.1 Å². The van der Waals surface area contributed by atoms with Gasteiger partial charge in [0.2, 0.25) is 10.0 Å². The first kappa shape index (κ1) is 40.5. The highest BCUT2D eigenvalue weighted by Crippen LogP contribution is 2.48. The molecule has 0 aliphatic heterocycles. The van der Waals surface area contributed by atoms with Gasteiger partial charge in [-0.25, -0.2) is 17.2 Å². The summed E-state index contributed by atoms with van der Waals surface area (Å²) in [5, 5.41) is 22.5. The van der Waals surface area contributed by atoms with Crippen molar-refractivity contribution in [1.82, 2.24) is 5.32 Å². The topological polar surface area (TPSA) is 120 Å². The van der Waals surface area contributed by atoms with Crippen LogP contribution in [0.15, 0.2) is 59.0 Å². The Hall–Kier alpha value is -3.74. The highest BCUT2D eigenvalue weighted by atomic mass is 32.2. The van der Waals surface area contributed by atoms with E-state index in [-0.39, 0.29) is 41.6 Å². The van der Waals surface area contributed by atoms with E-state index in [1.807, 2.05) is 6.07 Å². The highest BCUT2D eigenvalue weighted by molar-refractivity contribution is 7.92. The second kappa shape index (κ2) is 17.2. The molecule has 1 fully saturated rings. The second-order valence-electron chi connectivity index (χ2n) is 15.3. The Morgan fingerprint density at radius 2 is 1.68 bits per heavy atom. The van der Waals surface area contributed by atoms with Gasteiger partial charge >= 0.3 is 7.12 Å². The lowest BCUT2D eigenvalue weighted by atomic mass is 9.80. The third kappa shape index (κ3) is 9.88. The van der Waals surface area contributed by atoms with Gasteiger partial charge in [0.1, 0.15) is 23.0 Å². The van der Waals surface area contributed by atoms with Gasteiger partial charge in [-0.2, -0.15) is 0 Å². The first-order valence-corrected chi connectivity index (χ1v) is 20.7. The normalized spacial score (nSPS) is 15.1. The van der Waals surface area contributed by atoms with Gasteiger partial charge in [0.05, 0.1) is 17.5 Å². The number of nitrogens with zero attached hydrogens (tertiary/aromatic N) is 1. The number of nitrogens with one attached hydrogen (secondary N) is 1. The predicted octanol–water partition coefficient (Wildman–Crippen LogP) is 7.80. The van der Waals surface area contributed by atoms with Gasteiger partial charge in [0.15, 0.2) is 0 Å². The number of sulfonamides is 1. The van der Waals surface area contributed by atoms with E-state index in [1.165, 1.54) is 35.0 Å². The van der Waals surface area contributed by atoms with Crippen molar-refractivity contribution in [2.75, 3.05) is 23.7 Å². The molecule has 1 amide bonds. The van der Waals surface area contributed by atoms with Crippen LogP contribution >= 0.6 is 0 Å². The summed E-state index contributed by atoms with van der Waals surface area (Å²) in [5.74, 6) is 1.17. The van der Waals surface area contributed by atoms with Crippen LogP contribution in [0.4, 0.5) is 14.5 Å². The summed E-state index contributed by atoms with van der Waals surface area (Å²) < 4.78 is 63.2. The van der Waals surface area contributed by atoms with E-state index in [1.54, 1.807) is 18.2 Å². The largest absolute Gasteiger partial charge is 0.488 e. The molecule has 53 heavy (non-hydrogen) atoms. The smallest absolute Gasteiger partial charge is 0.455 e. The van der Waals surface area contributed by atoms with Crippen LogP contribution in [0, 0.1) is 35.3 Å². The number of benzene rings is 3. The van der Waals surface area contributed by atoms with Crippen LogP contribution in [-0.4, -0.2) is 50.8 Å². The molecular weight excluding hydrogens is 697 g/mol. The minimum Gasteiger partial charge on any atom is -0.455 e. The molecule has 1 aliphatic rings. The maximum Gasteiger partial charge on any atom is 0.488 e. The summed E-state index contributed by atoms with van der Waals surface area (Å²) in [6, 6.07) is 13.0. The first-order valence-electron chi connectivity index (χ1n) is 18.9. The molecule has 0 bridgehead atoms. The lowest BCUT2D eigenvalue weighted by molar-refractivity contribution is 0.0951. The van der Waals surface area contributed by atoms with Crippen LogP contribution in [0.1, 0.15) is 101 Å². The Kier molecular flexibility index (Phi) is 13.1. The van der Waals surface area contributed by atoms with Gasteiger partial charge in [0.25, 0.3) is 5.91 Å². The van der Waals surface area contributed by atoms with Gasteiger partial charge in [-0.15, -0.1) is 0 Å². The Morgan fingerprint density at radius 3 is 2.26 bits per heavy atom. The molecule has 3 atom stereocenters. The maximum atomic E-state index is 14.9. The minimum absolute atomic E-state index is 0.00580. The maximum absolute atomic E-state index is 14.9. The number of hydrogen-bond acceptors (Lipinski definition) is 6. The molecule has 1 aliphatic carbocycles. The van der Waals surface area contributed by atoms with Gasteiger partial charge in [-0.05, 0) is 115 Å². The number of amides is 1. The molecule has 12 heteroatoms. The van der Waals surface area contributed by atoms with E-state index < -0.39 is 28.8 Å². The number of fused-ring (bicyclic) bond motifs is 1. The van der Waals surface area contributed by atoms with E-state index in [0.717, 1.165) is 50.0 Å². The zero-order chi connectivity index (χ0) is 38.6. The van der Waals surface area contributed by atoms with Crippen molar-refractivity contribution in [3.63, 3.8) is 0 Å². The molecule has 3 N–H and O–H groups in total. The average Bonchev–Trinajstić information content (AvgIpc) is 3.88. The van der Waals surface area contributed by atoms with E-state index in [4.69, 9.17) is 4.42 Å². The molecular formula is C41H53BF2N2O6S.